The van der Waals surface area contributed by atoms with Crippen LogP contribution in [-0.4, -0.2) is 51.8 Å². The van der Waals surface area contributed by atoms with Crippen molar-refractivity contribution in [2.24, 2.45) is 10.7 Å². The number of nitrogens with one attached hydrogen (secondary N) is 1. The van der Waals surface area contributed by atoms with E-state index in [9.17, 15) is 4.79 Å². The number of nitrogen functional groups attached to an aromatic ring is 1. The van der Waals surface area contributed by atoms with Crippen LogP contribution in [0, 0.1) is 0 Å². The Kier molecular flexibility index (Phi) is 6.91. The predicted molar refractivity (Wildman–Crippen MR) is 144 cm³/mol. The van der Waals surface area contributed by atoms with Crippen molar-refractivity contribution in [3.05, 3.63) is 77.6 Å². The molecule has 0 radical (unpaired) electrons. The van der Waals surface area contributed by atoms with Crippen molar-refractivity contribution in [1.82, 2.24) is 19.9 Å². The molecule has 4 aromatic rings. The number of nitrogens with two attached hydrogens (primary N) is 2. The zero-order chi connectivity index (χ0) is 25.8. The summed E-state index contributed by atoms with van der Waals surface area (Å²) < 4.78 is 5.40. The first-order valence-electron chi connectivity index (χ1n) is 11.9. The molecule has 5 N–H and O–H groups in total. The summed E-state index contributed by atoms with van der Waals surface area (Å²) in [6, 6.07) is 15.4. The lowest BCUT2D eigenvalue weighted by atomic mass is 9.96. The Bertz CT molecular complexity index is 1470. The molecule has 2 aromatic carbocycles. The topological polar surface area (TPSA) is 145 Å². The van der Waals surface area contributed by atoms with Crippen LogP contribution in [0.3, 0.4) is 0 Å². The van der Waals surface area contributed by atoms with Gasteiger partial charge in [-0.05, 0) is 47.4 Å². The zero-order valence-corrected chi connectivity index (χ0v) is 20.5. The Morgan fingerprint density at radius 2 is 2.05 bits per heavy atom. The average molecular weight is 497 g/mol. The van der Waals surface area contributed by atoms with Gasteiger partial charge in [-0.25, -0.2) is 9.98 Å². The summed E-state index contributed by atoms with van der Waals surface area (Å²) in [5.41, 5.74) is 17.0. The maximum Gasteiger partial charge on any atom is 0.228 e. The minimum Gasteiger partial charge on any atom is -0.494 e. The number of fused-ring (bicyclic) bond motifs is 2. The number of hydrogen-bond acceptors (Lipinski definition) is 8. The fraction of sp³-hybridized carbons (Fsp3) is 0.222. The minimum absolute atomic E-state index is 0.0787. The third kappa shape index (κ3) is 5.65. The second-order valence-corrected chi connectivity index (χ2v) is 8.90. The third-order valence-corrected chi connectivity index (χ3v) is 6.21. The fourth-order valence-corrected chi connectivity index (χ4v) is 4.52. The van der Waals surface area contributed by atoms with Gasteiger partial charge in [-0.1, -0.05) is 24.3 Å². The van der Waals surface area contributed by atoms with Gasteiger partial charge in [-0.2, -0.15) is 4.98 Å². The highest BCUT2D eigenvalue weighted by molar-refractivity contribution is 5.96. The van der Waals surface area contributed by atoms with Crippen LogP contribution >= 0.6 is 0 Å². The van der Waals surface area contributed by atoms with Gasteiger partial charge >= 0.3 is 0 Å². The Morgan fingerprint density at radius 3 is 2.86 bits per heavy atom. The van der Waals surface area contributed by atoms with E-state index >= 15 is 0 Å². The Balaban J connectivity index is 1.28. The van der Waals surface area contributed by atoms with E-state index < -0.39 is 0 Å². The Hall–Kier alpha value is -4.57. The van der Waals surface area contributed by atoms with E-state index in [1.165, 1.54) is 11.1 Å². The highest BCUT2D eigenvalue weighted by Crippen LogP contribution is 2.30. The van der Waals surface area contributed by atoms with Crippen molar-refractivity contribution in [2.75, 3.05) is 31.2 Å². The second kappa shape index (κ2) is 10.6. The third-order valence-electron chi connectivity index (χ3n) is 6.21. The summed E-state index contributed by atoms with van der Waals surface area (Å²) in [6.07, 6.45) is 4.48. The van der Waals surface area contributed by atoms with Crippen molar-refractivity contribution >= 4 is 40.1 Å². The monoisotopic (exact) mass is 496 g/mol. The number of aliphatic imine (C=N–C) groups is 1. The molecule has 0 saturated carbocycles. The average Bonchev–Trinajstić information content (AvgIpc) is 2.88. The lowest BCUT2D eigenvalue weighted by Gasteiger charge is -2.28. The molecule has 1 amide bonds. The van der Waals surface area contributed by atoms with Crippen molar-refractivity contribution in [1.29, 1.82) is 0 Å². The first-order valence-corrected chi connectivity index (χ1v) is 11.9. The molecule has 0 aliphatic carbocycles. The number of methoxy groups -OCH3 is 1. The fourth-order valence-electron chi connectivity index (χ4n) is 4.52. The van der Waals surface area contributed by atoms with Crippen molar-refractivity contribution in [3.8, 4) is 5.75 Å². The van der Waals surface area contributed by atoms with Crippen LogP contribution in [0.15, 0.2) is 65.9 Å². The van der Waals surface area contributed by atoms with E-state index in [4.69, 9.17) is 16.2 Å². The van der Waals surface area contributed by atoms with Gasteiger partial charge in [-0.15, -0.1) is 0 Å². The molecule has 1 aliphatic rings. The molecule has 0 bridgehead atoms. The van der Waals surface area contributed by atoms with E-state index in [-0.39, 0.29) is 18.3 Å². The maximum absolute atomic E-state index is 12.5. The molecule has 10 nitrogen and oxygen atoms in total. The summed E-state index contributed by atoms with van der Waals surface area (Å²) in [4.78, 5) is 31.9. The quantitative estimate of drug-likeness (QED) is 0.262. The van der Waals surface area contributed by atoms with Crippen LogP contribution in [0.2, 0.25) is 0 Å². The zero-order valence-electron chi connectivity index (χ0n) is 20.5. The first-order chi connectivity index (χ1) is 18.0. The molecular weight excluding hydrogens is 468 g/mol. The number of anilines is 2. The number of ether oxygens (including phenoxy) is 1. The molecule has 0 unspecified atom stereocenters. The number of nitrogens with zero attached hydrogens (tertiary/aromatic N) is 5. The number of benzene rings is 2. The number of hydrogen-bond donors (Lipinski definition) is 3. The number of carbonyl (C=O) groups is 1. The number of carbonyl (C=O) groups excluding carboxylic acids is 1. The number of aromatic nitrogens is 3. The molecule has 10 heteroatoms. The highest BCUT2D eigenvalue weighted by atomic mass is 16.5. The number of rotatable bonds is 7. The van der Waals surface area contributed by atoms with Crippen molar-refractivity contribution < 1.29 is 9.53 Å². The first kappa shape index (κ1) is 24.1. The van der Waals surface area contributed by atoms with Gasteiger partial charge in [0.1, 0.15) is 17.1 Å². The number of pyridine rings is 1. The molecule has 188 valence electrons. The molecule has 0 atom stereocenters. The summed E-state index contributed by atoms with van der Waals surface area (Å²) in [5, 5.41) is 3.60. The van der Waals surface area contributed by atoms with E-state index in [0.29, 0.717) is 41.7 Å². The van der Waals surface area contributed by atoms with Gasteiger partial charge in [0.2, 0.25) is 11.9 Å². The number of amidine groups is 1. The smallest absolute Gasteiger partial charge is 0.228 e. The van der Waals surface area contributed by atoms with Crippen molar-refractivity contribution in [2.45, 2.75) is 19.4 Å². The molecule has 0 saturated heterocycles. The minimum atomic E-state index is -0.0787. The van der Waals surface area contributed by atoms with Crippen LogP contribution in [0.1, 0.15) is 16.7 Å². The second-order valence-electron chi connectivity index (χ2n) is 8.90. The van der Waals surface area contributed by atoms with Crippen LogP contribution in [0.5, 0.6) is 5.75 Å². The lowest BCUT2D eigenvalue weighted by Crippen LogP contribution is -2.37. The SMILES string of the molecule is COc1cccc2c(N=C(N)CN3CCc4ccc(CC(=O)Nc5cccnc5)cc4C3)nc(N)nc12. The standard InChI is InChI=1S/C27H28N8O2/c1-37-22-6-2-5-21-25(22)33-27(29)34-26(21)32-23(28)16-35-11-9-18-8-7-17(12-19(18)15-35)13-24(36)31-20-4-3-10-30-14-20/h2-8,10,12,14H,9,11,13,15-16H2,1H3,(H,31,36)(H4,28,29,32,33,34). The van der Waals surface area contributed by atoms with Gasteiger partial charge in [0.05, 0.1) is 32.0 Å². The number of para-hydroxylation sites is 1. The Morgan fingerprint density at radius 1 is 1.16 bits per heavy atom. The normalized spacial score (nSPS) is 13.8. The lowest BCUT2D eigenvalue weighted by molar-refractivity contribution is -0.115. The maximum atomic E-state index is 12.5. The van der Waals surface area contributed by atoms with E-state index in [2.05, 4.69) is 42.3 Å². The van der Waals surface area contributed by atoms with E-state index in [0.717, 1.165) is 23.9 Å². The van der Waals surface area contributed by atoms with Gasteiger partial charge in [0, 0.05) is 24.7 Å². The van der Waals surface area contributed by atoms with Crippen LogP contribution in [-0.2, 0) is 24.2 Å². The molecular formula is C27H28N8O2. The largest absolute Gasteiger partial charge is 0.494 e. The molecule has 1 aliphatic heterocycles. The van der Waals surface area contributed by atoms with Gasteiger partial charge in [-0.3, -0.25) is 14.7 Å². The predicted octanol–water partition coefficient (Wildman–Crippen LogP) is 2.84. The van der Waals surface area contributed by atoms with Gasteiger partial charge in [0.25, 0.3) is 0 Å². The molecule has 2 aromatic heterocycles. The molecule has 0 spiro atoms. The van der Waals surface area contributed by atoms with E-state index in [1.807, 2.05) is 30.3 Å². The molecule has 37 heavy (non-hydrogen) atoms. The molecule has 5 rings (SSSR count). The Labute approximate surface area is 214 Å². The summed E-state index contributed by atoms with van der Waals surface area (Å²) in [7, 11) is 1.58. The number of amides is 1. The van der Waals surface area contributed by atoms with Crippen LogP contribution in [0.4, 0.5) is 17.5 Å². The van der Waals surface area contributed by atoms with Gasteiger partial charge in [0.15, 0.2) is 5.82 Å². The summed E-state index contributed by atoms with van der Waals surface area (Å²) >= 11 is 0. The van der Waals surface area contributed by atoms with Crippen LogP contribution in [0.25, 0.3) is 10.9 Å². The van der Waals surface area contributed by atoms with E-state index in [1.54, 1.807) is 25.6 Å². The highest BCUT2D eigenvalue weighted by Gasteiger charge is 2.19. The molecule has 0 fully saturated rings. The summed E-state index contributed by atoms with van der Waals surface area (Å²) in [6.45, 7) is 2.04. The summed E-state index contributed by atoms with van der Waals surface area (Å²) in [5.74, 6) is 1.47. The molecule has 3 heterocycles. The van der Waals surface area contributed by atoms with Gasteiger partial charge < -0.3 is 21.5 Å². The van der Waals surface area contributed by atoms with Crippen molar-refractivity contribution in [3.63, 3.8) is 0 Å². The van der Waals surface area contributed by atoms with Crippen LogP contribution < -0.4 is 21.5 Å².